The Kier molecular flexibility index (Phi) is 5.33. The fourth-order valence-corrected chi connectivity index (χ4v) is 4.67. The van der Waals surface area contributed by atoms with E-state index in [1.54, 1.807) is 0 Å². The maximum absolute atomic E-state index is 12.7. The van der Waals surface area contributed by atoms with Gasteiger partial charge in [0.1, 0.15) is 6.04 Å². The molecule has 1 aliphatic carbocycles. The van der Waals surface area contributed by atoms with Crippen molar-refractivity contribution in [3.8, 4) is 0 Å². The number of nitrogens with one attached hydrogen (secondary N) is 1. The number of anilines is 1. The molecule has 1 aliphatic heterocycles. The first-order chi connectivity index (χ1) is 13.6. The van der Waals surface area contributed by atoms with Crippen LogP contribution < -0.4 is 10.2 Å². The molecular formula is C23H26N2O3. The van der Waals surface area contributed by atoms with Gasteiger partial charge in [0.05, 0.1) is 6.54 Å². The van der Waals surface area contributed by atoms with Gasteiger partial charge in [0.2, 0.25) is 5.91 Å². The fourth-order valence-electron chi connectivity index (χ4n) is 4.67. The summed E-state index contributed by atoms with van der Waals surface area (Å²) in [5.41, 5.74) is 3.35. The molecule has 2 bridgehead atoms. The fraction of sp³-hybridized carbons (Fsp3) is 0.391. The van der Waals surface area contributed by atoms with Crippen LogP contribution in [-0.4, -0.2) is 36.1 Å². The lowest BCUT2D eigenvalue weighted by Crippen LogP contribution is -2.47. The number of nitrogens with zero attached hydrogens (tertiary/aromatic N) is 1. The number of carboxylic acid groups (broad SMARTS) is 1. The van der Waals surface area contributed by atoms with E-state index >= 15 is 0 Å². The minimum absolute atomic E-state index is 0.193. The molecule has 1 fully saturated rings. The Labute approximate surface area is 165 Å². The van der Waals surface area contributed by atoms with Gasteiger partial charge in [-0.25, -0.2) is 4.79 Å². The highest BCUT2D eigenvalue weighted by Gasteiger charge is 2.34. The van der Waals surface area contributed by atoms with Crippen LogP contribution in [0.5, 0.6) is 0 Å². The van der Waals surface area contributed by atoms with Crippen molar-refractivity contribution in [2.75, 3.05) is 18.0 Å². The van der Waals surface area contributed by atoms with Gasteiger partial charge in [0, 0.05) is 18.7 Å². The molecule has 28 heavy (non-hydrogen) atoms. The molecule has 1 amide bonds. The summed E-state index contributed by atoms with van der Waals surface area (Å²) in [6.45, 7) is 1.05. The normalized spacial score (nSPS) is 21.5. The number of rotatable bonds is 6. The van der Waals surface area contributed by atoms with Crippen LogP contribution in [0.25, 0.3) is 0 Å². The zero-order valence-electron chi connectivity index (χ0n) is 15.9. The number of hydrogen-bond donors (Lipinski definition) is 2. The van der Waals surface area contributed by atoms with Crippen LogP contribution in [0.2, 0.25) is 0 Å². The quantitative estimate of drug-likeness (QED) is 0.810. The summed E-state index contributed by atoms with van der Waals surface area (Å²) >= 11 is 0. The molecule has 1 saturated carbocycles. The van der Waals surface area contributed by atoms with E-state index in [1.165, 1.54) is 24.8 Å². The molecule has 146 valence electrons. The number of hydrogen-bond acceptors (Lipinski definition) is 3. The van der Waals surface area contributed by atoms with Crippen molar-refractivity contribution in [2.24, 2.45) is 5.92 Å². The van der Waals surface area contributed by atoms with Gasteiger partial charge >= 0.3 is 5.97 Å². The zero-order valence-corrected chi connectivity index (χ0v) is 15.9. The molecule has 2 aromatic rings. The number of benzene rings is 2. The van der Waals surface area contributed by atoms with Crippen LogP contribution in [0.3, 0.4) is 0 Å². The van der Waals surface area contributed by atoms with Crippen molar-refractivity contribution in [1.82, 2.24) is 5.32 Å². The summed E-state index contributed by atoms with van der Waals surface area (Å²) in [7, 11) is 0. The van der Waals surface area contributed by atoms with Crippen LogP contribution in [0, 0.1) is 5.92 Å². The van der Waals surface area contributed by atoms with E-state index in [-0.39, 0.29) is 18.9 Å². The van der Waals surface area contributed by atoms with Gasteiger partial charge in [-0.2, -0.15) is 0 Å². The lowest BCUT2D eigenvalue weighted by molar-refractivity contribution is -0.141. The Morgan fingerprint density at radius 3 is 2.61 bits per heavy atom. The minimum Gasteiger partial charge on any atom is -0.480 e. The van der Waals surface area contributed by atoms with Crippen molar-refractivity contribution in [3.63, 3.8) is 0 Å². The first kappa shape index (κ1) is 18.5. The smallest absolute Gasteiger partial charge is 0.326 e. The predicted molar refractivity (Wildman–Crippen MR) is 108 cm³/mol. The maximum atomic E-state index is 12.7. The van der Waals surface area contributed by atoms with Gasteiger partial charge in [-0.05, 0) is 48.3 Å². The number of amides is 1. The van der Waals surface area contributed by atoms with Crippen LogP contribution in [-0.2, 0) is 16.0 Å². The molecule has 5 heteroatoms. The molecule has 2 unspecified atom stereocenters. The SMILES string of the molecule is O=C(CN1CC2CCC(C2)c2ccccc21)N[C@@H](Cc1ccccc1)C(=O)O. The number of para-hydroxylation sites is 1. The Morgan fingerprint density at radius 2 is 1.82 bits per heavy atom. The molecule has 0 saturated heterocycles. The molecule has 2 N–H and O–H groups in total. The third-order valence-corrected chi connectivity index (χ3v) is 5.99. The monoisotopic (exact) mass is 378 g/mol. The zero-order chi connectivity index (χ0) is 19.5. The van der Waals surface area contributed by atoms with Crippen molar-refractivity contribution < 1.29 is 14.7 Å². The minimum atomic E-state index is -1.01. The first-order valence-electron chi connectivity index (χ1n) is 10.00. The Bertz CT molecular complexity index is 852. The number of carbonyl (C=O) groups excluding carboxylic acids is 1. The van der Waals surface area contributed by atoms with Crippen LogP contribution >= 0.6 is 0 Å². The second-order valence-corrected chi connectivity index (χ2v) is 7.96. The summed E-state index contributed by atoms with van der Waals surface area (Å²) in [5.74, 6) is -0.0627. The largest absolute Gasteiger partial charge is 0.480 e. The Balaban J connectivity index is 1.46. The summed E-state index contributed by atoms with van der Waals surface area (Å²) in [6, 6.07) is 16.8. The van der Waals surface area contributed by atoms with E-state index in [4.69, 9.17) is 0 Å². The number of carbonyl (C=O) groups is 2. The van der Waals surface area contributed by atoms with E-state index in [0.717, 1.165) is 17.8 Å². The Hall–Kier alpha value is -2.82. The first-order valence-corrected chi connectivity index (χ1v) is 10.00. The highest BCUT2D eigenvalue weighted by atomic mass is 16.4. The average Bonchev–Trinajstić information content (AvgIpc) is 3.10. The van der Waals surface area contributed by atoms with Crippen molar-refractivity contribution in [3.05, 3.63) is 65.7 Å². The van der Waals surface area contributed by atoms with Gasteiger partial charge in [-0.1, -0.05) is 48.5 Å². The molecule has 0 aromatic heterocycles. The standard InChI is InChI=1S/C23H26N2O3/c26-22(24-20(23(27)28)13-16-6-2-1-3-7-16)15-25-14-17-10-11-18(12-17)19-8-4-5-9-21(19)25/h1-9,17-18,20H,10-15H2,(H,24,26)(H,27,28)/t17?,18?,20-/m0/s1. The topological polar surface area (TPSA) is 69.6 Å². The number of fused-ring (bicyclic) bond motifs is 4. The van der Waals surface area contributed by atoms with Gasteiger partial charge in [0.25, 0.3) is 0 Å². The number of carboxylic acids is 1. The van der Waals surface area contributed by atoms with Crippen molar-refractivity contribution >= 4 is 17.6 Å². The molecule has 2 aromatic carbocycles. The van der Waals surface area contributed by atoms with E-state index < -0.39 is 12.0 Å². The van der Waals surface area contributed by atoms with Crippen LogP contribution in [0.15, 0.2) is 54.6 Å². The lowest BCUT2D eigenvalue weighted by atomic mass is 9.96. The predicted octanol–water partition coefficient (Wildman–Crippen LogP) is 3.20. The van der Waals surface area contributed by atoms with Gasteiger partial charge in [-0.15, -0.1) is 0 Å². The van der Waals surface area contributed by atoms with E-state index in [2.05, 4.69) is 28.4 Å². The van der Waals surface area contributed by atoms with Crippen molar-refractivity contribution in [1.29, 1.82) is 0 Å². The van der Waals surface area contributed by atoms with Gasteiger partial charge in [-0.3, -0.25) is 4.79 Å². The second-order valence-electron chi connectivity index (χ2n) is 7.96. The summed E-state index contributed by atoms with van der Waals surface area (Å²) in [6.07, 6.45) is 3.88. The van der Waals surface area contributed by atoms with Crippen LogP contribution in [0.4, 0.5) is 5.69 Å². The molecule has 4 rings (SSSR count). The molecular weight excluding hydrogens is 352 g/mol. The molecule has 5 nitrogen and oxygen atoms in total. The summed E-state index contributed by atoms with van der Waals surface area (Å²) in [4.78, 5) is 26.5. The molecule has 0 radical (unpaired) electrons. The lowest BCUT2D eigenvalue weighted by Gasteiger charge is -2.29. The van der Waals surface area contributed by atoms with Crippen LogP contribution in [0.1, 0.15) is 36.3 Å². The van der Waals surface area contributed by atoms with Gasteiger partial charge < -0.3 is 15.3 Å². The third kappa shape index (κ3) is 4.03. The molecule has 2 aliphatic rings. The molecule has 3 atom stereocenters. The summed E-state index contributed by atoms with van der Waals surface area (Å²) in [5, 5.41) is 12.3. The second kappa shape index (κ2) is 8.05. The van der Waals surface area contributed by atoms with E-state index in [0.29, 0.717) is 11.8 Å². The highest BCUT2D eigenvalue weighted by molar-refractivity contribution is 5.87. The summed E-state index contributed by atoms with van der Waals surface area (Å²) < 4.78 is 0. The van der Waals surface area contributed by atoms with E-state index in [1.807, 2.05) is 36.4 Å². The molecule has 1 heterocycles. The maximum Gasteiger partial charge on any atom is 0.326 e. The number of aliphatic carboxylic acids is 1. The van der Waals surface area contributed by atoms with Crippen molar-refractivity contribution in [2.45, 2.75) is 37.6 Å². The molecule has 0 spiro atoms. The highest BCUT2D eigenvalue weighted by Crippen LogP contribution is 2.45. The Morgan fingerprint density at radius 1 is 1.07 bits per heavy atom. The third-order valence-electron chi connectivity index (χ3n) is 5.99. The van der Waals surface area contributed by atoms with E-state index in [9.17, 15) is 14.7 Å². The van der Waals surface area contributed by atoms with Gasteiger partial charge in [0.15, 0.2) is 0 Å². The average molecular weight is 378 g/mol.